The van der Waals surface area contributed by atoms with Gasteiger partial charge >= 0.3 is 0 Å². The van der Waals surface area contributed by atoms with Gasteiger partial charge in [-0.15, -0.1) is 5.10 Å². The Morgan fingerprint density at radius 2 is 1.94 bits per heavy atom. The monoisotopic (exact) mass is 472 g/mol. The number of unbranched alkanes of at least 4 members (excludes halogenated alkanes) is 1. The largest absolute Gasteiger partial charge is 0.497 e. The number of methoxy groups -OCH3 is 1. The van der Waals surface area contributed by atoms with Crippen LogP contribution in [0.3, 0.4) is 0 Å². The molecule has 2 aromatic heterocycles. The summed E-state index contributed by atoms with van der Waals surface area (Å²) < 4.78 is 30.7. The average molecular weight is 473 g/mol. The van der Waals surface area contributed by atoms with Crippen molar-refractivity contribution in [2.24, 2.45) is 5.14 Å². The minimum atomic E-state index is -3.78. The number of nitrogens with zero attached hydrogens (tertiary/aromatic N) is 4. The van der Waals surface area contributed by atoms with Crippen LogP contribution in [-0.2, 0) is 22.3 Å². The van der Waals surface area contributed by atoms with E-state index in [1.54, 1.807) is 13.2 Å². The van der Waals surface area contributed by atoms with Crippen LogP contribution in [-0.4, -0.2) is 40.3 Å². The molecule has 0 radical (unpaired) electrons. The van der Waals surface area contributed by atoms with E-state index in [0.29, 0.717) is 22.3 Å². The topological polar surface area (TPSA) is 129 Å². The minimum Gasteiger partial charge on any atom is -0.497 e. The fourth-order valence-electron chi connectivity index (χ4n) is 3.33. The normalized spacial score (nSPS) is 11.8. The van der Waals surface area contributed by atoms with Crippen LogP contribution in [0.4, 0.5) is 0 Å². The third kappa shape index (κ3) is 4.79. The van der Waals surface area contributed by atoms with E-state index < -0.39 is 10.0 Å². The van der Waals surface area contributed by atoms with Crippen molar-refractivity contribution >= 4 is 32.8 Å². The number of hydrogen-bond donors (Lipinski definition) is 2. The summed E-state index contributed by atoms with van der Waals surface area (Å²) in [7, 11) is -2.16. The summed E-state index contributed by atoms with van der Waals surface area (Å²) in [6.07, 6.45) is 2.02. The second-order valence-corrected chi connectivity index (χ2v) is 9.72. The second-order valence-electron chi connectivity index (χ2n) is 7.21. The summed E-state index contributed by atoms with van der Waals surface area (Å²) in [5, 5.41) is 13.2. The van der Waals surface area contributed by atoms with E-state index in [1.807, 2.05) is 24.3 Å². The molecule has 2 heterocycles. The minimum absolute atomic E-state index is 0.0578. The molecule has 0 unspecified atom stereocenters. The van der Waals surface area contributed by atoms with Gasteiger partial charge in [-0.25, -0.2) is 23.5 Å². The molecule has 9 nitrogen and oxygen atoms in total. The van der Waals surface area contributed by atoms with Gasteiger partial charge in [0.1, 0.15) is 11.6 Å². The Balaban J connectivity index is 1.57. The third-order valence-electron chi connectivity index (χ3n) is 5.02. The van der Waals surface area contributed by atoms with Crippen LogP contribution in [0, 0.1) is 0 Å². The number of aromatic nitrogens is 5. The Morgan fingerprint density at radius 3 is 2.62 bits per heavy atom. The van der Waals surface area contributed by atoms with Gasteiger partial charge in [-0.3, -0.25) is 5.10 Å². The van der Waals surface area contributed by atoms with Crippen LogP contribution >= 0.6 is 11.8 Å². The number of sulfonamides is 1. The summed E-state index contributed by atoms with van der Waals surface area (Å²) in [4.78, 5) is 9.30. The first-order valence-corrected chi connectivity index (χ1v) is 12.6. The van der Waals surface area contributed by atoms with E-state index in [2.05, 4.69) is 31.7 Å². The fraction of sp³-hybridized carbons (Fsp3) is 0.286. The summed E-state index contributed by atoms with van der Waals surface area (Å²) in [5.74, 6) is 2.83. The Morgan fingerprint density at radius 1 is 1.16 bits per heavy atom. The van der Waals surface area contributed by atoms with Gasteiger partial charge < -0.3 is 9.30 Å². The van der Waals surface area contributed by atoms with E-state index in [0.717, 1.165) is 42.0 Å². The molecule has 4 aromatic rings. The molecule has 0 fully saturated rings. The van der Waals surface area contributed by atoms with Crippen LogP contribution in [0.15, 0.2) is 52.5 Å². The Hall–Kier alpha value is -2.89. The summed E-state index contributed by atoms with van der Waals surface area (Å²) in [5.41, 5.74) is 2.41. The smallest absolute Gasteiger partial charge is 0.238 e. The first kappa shape index (κ1) is 22.3. The lowest BCUT2D eigenvalue weighted by molar-refractivity contribution is 0.415. The van der Waals surface area contributed by atoms with Gasteiger partial charge in [0.25, 0.3) is 0 Å². The lowest BCUT2D eigenvalue weighted by Gasteiger charge is -2.08. The lowest BCUT2D eigenvalue weighted by Crippen LogP contribution is -2.11. The highest BCUT2D eigenvalue weighted by Gasteiger charge is 2.16. The number of nitrogens with one attached hydrogen (secondary N) is 1. The molecule has 0 spiro atoms. The number of benzene rings is 2. The predicted molar refractivity (Wildman–Crippen MR) is 124 cm³/mol. The number of thioether (sulfide) groups is 1. The lowest BCUT2D eigenvalue weighted by atomic mass is 10.2. The quantitative estimate of drug-likeness (QED) is 0.356. The molecule has 4 rings (SSSR count). The third-order valence-corrected chi connectivity index (χ3v) is 6.78. The number of imidazole rings is 1. The van der Waals surface area contributed by atoms with Gasteiger partial charge in [0, 0.05) is 12.1 Å². The van der Waals surface area contributed by atoms with Crippen molar-refractivity contribution in [1.29, 1.82) is 0 Å². The number of nitrogens with two attached hydrogens (primary N) is 1. The molecule has 0 atom stereocenters. The number of rotatable bonds is 9. The zero-order valence-electron chi connectivity index (χ0n) is 17.8. The van der Waals surface area contributed by atoms with Gasteiger partial charge in [-0.05, 0) is 48.9 Å². The maximum absolute atomic E-state index is 11.7. The molecule has 0 aliphatic carbocycles. The molecule has 0 saturated carbocycles. The van der Waals surface area contributed by atoms with Crippen molar-refractivity contribution in [2.45, 2.75) is 42.1 Å². The zero-order chi connectivity index (χ0) is 22.7. The molecule has 168 valence electrons. The van der Waals surface area contributed by atoms with E-state index in [1.165, 1.54) is 23.9 Å². The van der Waals surface area contributed by atoms with Gasteiger partial charge in [-0.2, -0.15) is 0 Å². The van der Waals surface area contributed by atoms with Crippen molar-refractivity contribution < 1.29 is 13.2 Å². The molecule has 0 saturated heterocycles. The average Bonchev–Trinajstić information content (AvgIpc) is 3.39. The van der Waals surface area contributed by atoms with Crippen molar-refractivity contribution in [3.8, 4) is 17.1 Å². The van der Waals surface area contributed by atoms with E-state index in [9.17, 15) is 8.42 Å². The number of hydrogen-bond acceptors (Lipinski definition) is 7. The number of H-pyrrole nitrogens is 1. The standard InChI is InChI=1S/C21H24N6O3S2/c1-3-4-11-27-18-10-9-16(32(22,28)29)12-17(18)23-19(27)13-31-21-24-20(25-26-21)14-5-7-15(30-2)8-6-14/h5-10,12H,3-4,11,13H2,1-2H3,(H2,22,28,29)(H,24,25,26). The van der Waals surface area contributed by atoms with E-state index in [4.69, 9.17) is 9.88 Å². The highest BCUT2D eigenvalue weighted by atomic mass is 32.2. The van der Waals surface area contributed by atoms with Gasteiger partial charge in [0.15, 0.2) is 5.82 Å². The number of primary sulfonamides is 1. The molecule has 0 bridgehead atoms. The molecule has 0 aliphatic heterocycles. The number of aryl methyl sites for hydroxylation is 1. The molecular formula is C21H24N6O3S2. The molecule has 0 aliphatic rings. The number of ether oxygens (including phenoxy) is 1. The molecular weight excluding hydrogens is 448 g/mol. The molecule has 11 heteroatoms. The molecule has 3 N–H and O–H groups in total. The molecule has 2 aromatic carbocycles. The molecule has 32 heavy (non-hydrogen) atoms. The first-order valence-electron chi connectivity index (χ1n) is 10.1. The summed E-state index contributed by atoms with van der Waals surface area (Å²) >= 11 is 1.46. The van der Waals surface area contributed by atoms with Crippen molar-refractivity contribution in [1.82, 2.24) is 24.7 Å². The van der Waals surface area contributed by atoms with Crippen molar-refractivity contribution in [3.63, 3.8) is 0 Å². The van der Waals surface area contributed by atoms with Crippen molar-refractivity contribution in [3.05, 3.63) is 48.3 Å². The van der Waals surface area contributed by atoms with Crippen molar-refractivity contribution in [2.75, 3.05) is 7.11 Å². The van der Waals surface area contributed by atoms with E-state index in [-0.39, 0.29) is 4.90 Å². The number of aromatic amines is 1. The van der Waals surface area contributed by atoms with Crippen LogP contribution in [0.2, 0.25) is 0 Å². The summed E-state index contributed by atoms with van der Waals surface area (Å²) in [6, 6.07) is 12.4. The second kappa shape index (κ2) is 9.31. The Bertz CT molecular complexity index is 1330. The zero-order valence-corrected chi connectivity index (χ0v) is 19.4. The number of fused-ring (bicyclic) bond motifs is 1. The van der Waals surface area contributed by atoms with Crippen LogP contribution in [0.1, 0.15) is 25.6 Å². The van der Waals surface area contributed by atoms with Gasteiger partial charge in [0.2, 0.25) is 15.2 Å². The van der Waals surface area contributed by atoms with Crippen LogP contribution in [0.5, 0.6) is 5.75 Å². The highest BCUT2D eigenvalue weighted by Crippen LogP contribution is 2.27. The maximum atomic E-state index is 11.7. The predicted octanol–water partition coefficient (Wildman–Crippen LogP) is 3.57. The SMILES string of the molecule is CCCCn1c(CSc2n[nH]c(-c3ccc(OC)cc3)n2)nc2cc(S(N)(=O)=O)ccc21. The highest BCUT2D eigenvalue weighted by molar-refractivity contribution is 7.98. The maximum Gasteiger partial charge on any atom is 0.238 e. The van der Waals surface area contributed by atoms with Crippen LogP contribution < -0.4 is 9.88 Å². The van der Waals surface area contributed by atoms with Gasteiger partial charge in [-0.1, -0.05) is 25.1 Å². The first-order chi connectivity index (χ1) is 15.4. The fourth-order valence-corrected chi connectivity index (χ4v) is 4.61. The molecule has 0 amide bonds. The summed E-state index contributed by atoms with van der Waals surface area (Å²) in [6.45, 7) is 2.92. The Kier molecular flexibility index (Phi) is 6.49. The van der Waals surface area contributed by atoms with Gasteiger partial charge in [0.05, 0.1) is 28.8 Å². The van der Waals surface area contributed by atoms with E-state index >= 15 is 0 Å². The van der Waals surface area contributed by atoms with Crippen LogP contribution in [0.25, 0.3) is 22.4 Å². The Labute approximate surface area is 190 Å².